The van der Waals surface area contributed by atoms with Crippen LogP contribution in [0.25, 0.3) is 0 Å². The molecule has 0 saturated carbocycles. The number of aromatic nitrogens is 1. The first-order valence-corrected chi connectivity index (χ1v) is 7.18. The van der Waals surface area contributed by atoms with Gasteiger partial charge in [0, 0.05) is 12.1 Å². The highest BCUT2D eigenvalue weighted by atomic mass is 32.2. The number of hydrogen-bond acceptors (Lipinski definition) is 5. The van der Waals surface area contributed by atoms with E-state index in [0.717, 1.165) is 5.56 Å². The Bertz CT molecular complexity index is 677. The molecule has 0 radical (unpaired) electrons. The van der Waals surface area contributed by atoms with Crippen LogP contribution in [0.4, 0.5) is 5.82 Å². The third kappa shape index (κ3) is 3.12. The van der Waals surface area contributed by atoms with Crippen molar-refractivity contribution >= 4 is 15.8 Å². The minimum absolute atomic E-state index is 0.142. The van der Waals surface area contributed by atoms with Crippen molar-refractivity contribution in [3.05, 3.63) is 41.7 Å². The van der Waals surface area contributed by atoms with Gasteiger partial charge in [0.25, 0.3) is 10.0 Å². The van der Waals surface area contributed by atoms with Gasteiger partial charge in [0.1, 0.15) is 5.76 Å². The highest BCUT2D eigenvalue weighted by Crippen LogP contribution is 2.19. The summed E-state index contributed by atoms with van der Waals surface area (Å²) < 4.78 is 31.5. The van der Waals surface area contributed by atoms with E-state index in [-0.39, 0.29) is 16.8 Å². The Morgan fingerprint density at radius 1 is 1.37 bits per heavy atom. The van der Waals surface area contributed by atoms with E-state index in [1.165, 1.54) is 12.1 Å². The second-order valence-electron chi connectivity index (χ2n) is 4.29. The van der Waals surface area contributed by atoms with E-state index in [1.54, 1.807) is 32.0 Å². The molecule has 0 spiro atoms. The van der Waals surface area contributed by atoms with Gasteiger partial charge < -0.3 is 10.3 Å². The Labute approximate surface area is 111 Å². The first-order valence-electron chi connectivity index (χ1n) is 5.70. The molecular weight excluding hydrogens is 266 g/mol. The van der Waals surface area contributed by atoms with Crippen LogP contribution in [0.15, 0.2) is 39.8 Å². The number of nitrogens with two attached hydrogens (primary N) is 1. The number of nitrogens with one attached hydrogen (secondary N) is 1. The molecule has 0 aliphatic heterocycles. The van der Waals surface area contributed by atoms with Crippen LogP contribution in [0, 0.1) is 6.92 Å². The first kappa shape index (κ1) is 13.6. The predicted molar refractivity (Wildman–Crippen MR) is 71.1 cm³/mol. The summed E-state index contributed by atoms with van der Waals surface area (Å²) in [6.45, 7) is 3.47. The van der Waals surface area contributed by atoms with Gasteiger partial charge in [-0.2, -0.15) is 0 Å². The van der Waals surface area contributed by atoms with Crippen molar-refractivity contribution in [2.24, 2.45) is 5.73 Å². The summed E-state index contributed by atoms with van der Waals surface area (Å²) in [5, 5.41) is 3.59. The van der Waals surface area contributed by atoms with Gasteiger partial charge in [0.15, 0.2) is 5.82 Å². The molecule has 102 valence electrons. The molecule has 1 aromatic carbocycles. The van der Waals surface area contributed by atoms with Crippen molar-refractivity contribution < 1.29 is 12.9 Å². The second-order valence-corrected chi connectivity index (χ2v) is 5.97. The van der Waals surface area contributed by atoms with Crippen LogP contribution in [0.5, 0.6) is 0 Å². The highest BCUT2D eigenvalue weighted by molar-refractivity contribution is 7.92. The summed E-state index contributed by atoms with van der Waals surface area (Å²) >= 11 is 0. The number of aryl methyl sites for hydroxylation is 1. The minimum Gasteiger partial charge on any atom is -0.360 e. The highest BCUT2D eigenvalue weighted by Gasteiger charge is 2.17. The average Bonchev–Trinajstić information content (AvgIpc) is 2.74. The molecular formula is C12H15N3O3S. The quantitative estimate of drug-likeness (QED) is 0.890. The number of anilines is 1. The Morgan fingerprint density at radius 2 is 2.11 bits per heavy atom. The molecule has 0 bridgehead atoms. The van der Waals surface area contributed by atoms with E-state index in [2.05, 4.69) is 9.88 Å². The fourth-order valence-electron chi connectivity index (χ4n) is 1.58. The maximum absolute atomic E-state index is 12.2. The summed E-state index contributed by atoms with van der Waals surface area (Å²) in [6, 6.07) is 7.75. The van der Waals surface area contributed by atoms with Crippen LogP contribution in [0.1, 0.15) is 24.3 Å². The van der Waals surface area contributed by atoms with Gasteiger partial charge in [0.2, 0.25) is 0 Å². The zero-order chi connectivity index (χ0) is 14.0. The second kappa shape index (κ2) is 5.02. The third-order valence-electron chi connectivity index (χ3n) is 2.56. The zero-order valence-electron chi connectivity index (χ0n) is 10.6. The van der Waals surface area contributed by atoms with Crippen molar-refractivity contribution in [2.75, 3.05) is 4.72 Å². The molecule has 1 heterocycles. The Hall–Kier alpha value is -1.86. The van der Waals surface area contributed by atoms with Gasteiger partial charge in [-0.15, -0.1) is 0 Å². The van der Waals surface area contributed by atoms with E-state index in [9.17, 15) is 8.42 Å². The summed E-state index contributed by atoms with van der Waals surface area (Å²) in [5.41, 5.74) is 6.49. The lowest BCUT2D eigenvalue weighted by atomic mass is 10.1. The molecule has 1 atom stereocenters. The molecule has 3 N–H and O–H groups in total. The number of benzene rings is 1. The minimum atomic E-state index is -3.68. The SMILES string of the molecule is Cc1cc(NS(=O)(=O)c2cccc(C(C)N)c2)no1. The number of nitrogens with zero attached hydrogens (tertiary/aromatic N) is 1. The molecule has 19 heavy (non-hydrogen) atoms. The summed E-state index contributed by atoms with van der Waals surface area (Å²) in [5.74, 6) is 0.686. The van der Waals surface area contributed by atoms with Crippen LogP contribution in [0.3, 0.4) is 0 Å². The predicted octanol–water partition coefficient (Wildman–Crippen LogP) is 1.80. The standard InChI is InChI=1S/C12H15N3O3S/c1-8-6-12(14-18-8)15-19(16,17)11-5-3-4-10(7-11)9(2)13/h3-7,9H,13H2,1-2H3,(H,14,15). The van der Waals surface area contributed by atoms with Crippen LogP contribution < -0.4 is 10.5 Å². The summed E-state index contributed by atoms with van der Waals surface area (Å²) in [6.07, 6.45) is 0. The third-order valence-corrected chi connectivity index (χ3v) is 3.91. The van der Waals surface area contributed by atoms with Gasteiger partial charge in [-0.3, -0.25) is 4.72 Å². The molecule has 0 amide bonds. The van der Waals surface area contributed by atoms with Gasteiger partial charge in [0.05, 0.1) is 4.90 Å². The molecule has 6 nitrogen and oxygen atoms in total. The van der Waals surface area contributed by atoms with E-state index in [1.807, 2.05) is 0 Å². The van der Waals surface area contributed by atoms with Crippen molar-refractivity contribution in [3.8, 4) is 0 Å². The summed E-state index contributed by atoms with van der Waals surface area (Å²) in [4.78, 5) is 0.142. The van der Waals surface area contributed by atoms with Crippen molar-refractivity contribution in [3.63, 3.8) is 0 Å². The molecule has 1 unspecified atom stereocenters. The normalized spacial score (nSPS) is 13.2. The van der Waals surface area contributed by atoms with Gasteiger partial charge in [-0.1, -0.05) is 17.3 Å². The fourth-order valence-corrected chi connectivity index (χ4v) is 2.61. The Kier molecular flexibility index (Phi) is 3.59. The first-order chi connectivity index (χ1) is 8.88. The lowest BCUT2D eigenvalue weighted by molar-refractivity contribution is 0.400. The maximum Gasteiger partial charge on any atom is 0.263 e. The lowest BCUT2D eigenvalue weighted by Gasteiger charge is -2.09. The molecule has 0 aliphatic carbocycles. The van der Waals surface area contributed by atoms with Crippen molar-refractivity contribution in [1.82, 2.24) is 5.16 Å². The van der Waals surface area contributed by atoms with Gasteiger partial charge >= 0.3 is 0 Å². The van der Waals surface area contributed by atoms with Gasteiger partial charge in [-0.25, -0.2) is 8.42 Å². The monoisotopic (exact) mass is 281 g/mol. The van der Waals surface area contributed by atoms with Gasteiger partial charge in [-0.05, 0) is 31.5 Å². The van der Waals surface area contributed by atoms with Crippen LogP contribution >= 0.6 is 0 Å². The van der Waals surface area contributed by atoms with E-state index < -0.39 is 10.0 Å². The molecule has 7 heteroatoms. The fraction of sp³-hybridized carbons (Fsp3) is 0.250. The van der Waals surface area contributed by atoms with Crippen LogP contribution in [-0.2, 0) is 10.0 Å². The number of sulfonamides is 1. The molecule has 0 fully saturated rings. The Balaban J connectivity index is 2.31. The van der Waals surface area contributed by atoms with E-state index in [4.69, 9.17) is 10.3 Å². The van der Waals surface area contributed by atoms with Crippen LogP contribution in [-0.4, -0.2) is 13.6 Å². The maximum atomic E-state index is 12.2. The molecule has 0 aliphatic rings. The molecule has 2 aromatic rings. The average molecular weight is 281 g/mol. The smallest absolute Gasteiger partial charge is 0.263 e. The molecule has 1 aromatic heterocycles. The molecule has 2 rings (SSSR count). The topological polar surface area (TPSA) is 98.2 Å². The van der Waals surface area contributed by atoms with Crippen molar-refractivity contribution in [2.45, 2.75) is 24.8 Å². The van der Waals surface area contributed by atoms with E-state index in [0.29, 0.717) is 5.76 Å². The molecule has 0 saturated heterocycles. The summed E-state index contributed by atoms with van der Waals surface area (Å²) in [7, 11) is -3.68. The largest absolute Gasteiger partial charge is 0.360 e. The number of hydrogen-bond donors (Lipinski definition) is 2. The zero-order valence-corrected chi connectivity index (χ0v) is 11.4. The number of rotatable bonds is 4. The van der Waals surface area contributed by atoms with E-state index >= 15 is 0 Å². The Morgan fingerprint density at radius 3 is 2.68 bits per heavy atom. The lowest BCUT2D eigenvalue weighted by Crippen LogP contribution is -2.14. The van der Waals surface area contributed by atoms with Crippen LogP contribution in [0.2, 0.25) is 0 Å². The van der Waals surface area contributed by atoms with Crippen molar-refractivity contribution in [1.29, 1.82) is 0 Å².